The van der Waals surface area contributed by atoms with E-state index < -0.39 is 16.2 Å². The average molecular weight is 468 g/mol. The first kappa shape index (κ1) is 23.6. The van der Waals surface area contributed by atoms with E-state index in [0.29, 0.717) is 12.3 Å². The molecule has 2 aromatic rings. The Kier molecular flexibility index (Phi) is 6.88. The summed E-state index contributed by atoms with van der Waals surface area (Å²) in [4.78, 5) is 12.7. The molecule has 1 aromatic heterocycles. The van der Waals surface area contributed by atoms with Gasteiger partial charge < -0.3 is 14.8 Å². The smallest absolute Gasteiger partial charge is 0.423 e. The quantitative estimate of drug-likeness (QED) is 0.595. The van der Waals surface area contributed by atoms with Gasteiger partial charge in [-0.05, 0) is 72.9 Å². The van der Waals surface area contributed by atoms with E-state index >= 15 is 0 Å². The van der Waals surface area contributed by atoms with Crippen molar-refractivity contribution in [3.8, 4) is 0 Å². The van der Waals surface area contributed by atoms with Crippen LogP contribution in [0.4, 0.5) is 16.2 Å². The minimum Gasteiger partial charge on any atom is -0.423 e. The predicted molar refractivity (Wildman–Crippen MR) is 117 cm³/mol. The molecule has 166 valence electrons. The van der Waals surface area contributed by atoms with Crippen molar-refractivity contribution in [2.45, 2.75) is 51.0 Å². The summed E-state index contributed by atoms with van der Waals surface area (Å²) >= 11 is 0. The van der Waals surface area contributed by atoms with Gasteiger partial charge in [-0.3, -0.25) is 13.8 Å². The number of amides is 2. The summed E-state index contributed by atoms with van der Waals surface area (Å²) in [5.41, 5.74) is 5.82. The van der Waals surface area contributed by atoms with E-state index in [0.717, 1.165) is 66.1 Å². The number of hydrogen-bond acceptors (Lipinski definition) is 5. The number of nitrogens with zero attached hydrogens (tertiary/aromatic N) is 4. The van der Waals surface area contributed by atoms with E-state index in [9.17, 15) is 13.2 Å². The Labute approximate surface area is 210 Å². The van der Waals surface area contributed by atoms with Crippen molar-refractivity contribution in [2.24, 2.45) is 7.05 Å². The number of urea groups is 1. The monoisotopic (exact) mass is 467 g/mol. The van der Waals surface area contributed by atoms with Crippen molar-refractivity contribution in [1.29, 1.82) is 0 Å². The molecule has 1 aliphatic heterocycles. The summed E-state index contributed by atoms with van der Waals surface area (Å²) < 4.78 is 38.3. The number of carbonyl (C=O) groups excluding carboxylic acids is 1. The van der Waals surface area contributed by atoms with E-state index in [1.54, 1.807) is 13.2 Å². The van der Waals surface area contributed by atoms with Gasteiger partial charge in [0.25, 0.3) is 10.2 Å². The molecule has 1 aromatic carbocycles. The third-order valence-corrected chi connectivity index (χ3v) is 7.66. The standard InChI is InChI=1S/C21H27N5O4S.Na/c1-25-12-16(11-22-25)26(13-17-4-2-3-9-30-17)31(28,29)24-21(27)23-20-18-7-5-14(18)10-15-6-8-19(15)20;/h10-12,17H,2-9,13H2,1H3,(H2,23,24,27);/q;+1/p-1/t17-;/m1./s1. The number of carbonyl (C=O) groups is 1. The van der Waals surface area contributed by atoms with E-state index in [1.165, 1.54) is 22.0 Å². The zero-order chi connectivity index (χ0) is 21.6. The van der Waals surface area contributed by atoms with Crippen molar-refractivity contribution >= 4 is 27.6 Å². The number of nitrogens with one attached hydrogen (secondary N) is 1. The van der Waals surface area contributed by atoms with Crippen LogP contribution in [0.5, 0.6) is 0 Å². The molecule has 1 N–H and O–H groups in total. The Morgan fingerprint density at radius 3 is 2.50 bits per heavy atom. The largest absolute Gasteiger partial charge is 1.00 e. The molecule has 1 fully saturated rings. The van der Waals surface area contributed by atoms with Crippen LogP contribution in [0.1, 0.15) is 41.5 Å². The predicted octanol–water partition coefficient (Wildman–Crippen LogP) is -0.153. The molecule has 32 heavy (non-hydrogen) atoms. The molecule has 5 rings (SSSR count). The summed E-state index contributed by atoms with van der Waals surface area (Å²) in [6.07, 6.45) is 9.30. The Morgan fingerprint density at radius 2 is 1.97 bits per heavy atom. The fourth-order valence-electron chi connectivity index (χ4n) is 4.51. The summed E-state index contributed by atoms with van der Waals surface area (Å²) in [5, 5.41) is 6.85. The van der Waals surface area contributed by atoms with Crippen LogP contribution >= 0.6 is 0 Å². The van der Waals surface area contributed by atoms with Gasteiger partial charge in [-0.25, -0.2) is 8.42 Å². The van der Waals surface area contributed by atoms with Gasteiger partial charge in [0.15, 0.2) is 6.03 Å². The first-order valence-corrected chi connectivity index (χ1v) is 12.1. The SMILES string of the molecule is Cn1cc(N(C[C@H]2CCCCO2)S(=O)(=O)[N-]C(=O)Nc2c3c(cc4c2CC4)CC3)cn1.[Na+]. The molecule has 11 heteroatoms. The molecule has 1 atom stereocenters. The van der Waals surface area contributed by atoms with E-state index in [4.69, 9.17) is 4.74 Å². The number of aromatic nitrogens is 2. The van der Waals surface area contributed by atoms with Crippen LogP contribution < -0.4 is 39.2 Å². The molecule has 0 bridgehead atoms. The summed E-state index contributed by atoms with van der Waals surface area (Å²) in [6, 6.07) is 1.34. The second-order valence-electron chi connectivity index (χ2n) is 8.42. The number of ether oxygens (including phenoxy) is 1. The molecule has 0 spiro atoms. The molecule has 0 saturated carbocycles. The van der Waals surface area contributed by atoms with E-state index in [-0.39, 0.29) is 42.2 Å². The van der Waals surface area contributed by atoms with Gasteiger partial charge in [-0.15, -0.1) is 0 Å². The van der Waals surface area contributed by atoms with Crippen LogP contribution in [-0.2, 0) is 47.7 Å². The fraction of sp³-hybridized carbons (Fsp3) is 0.524. The zero-order valence-electron chi connectivity index (χ0n) is 18.5. The normalized spacial score (nSPS) is 18.8. The molecule has 0 unspecified atom stereocenters. The Hall–Kier alpha value is -1.59. The van der Waals surface area contributed by atoms with Gasteiger partial charge in [-0.2, -0.15) is 5.10 Å². The summed E-state index contributed by atoms with van der Waals surface area (Å²) in [5.74, 6) is 0. The van der Waals surface area contributed by atoms with Crippen molar-refractivity contribution in [1.82, 2.24) is 9.78 Å². The van der Waals surface area contributed by atoms with Crippen LogP contribution in [0.2, 0.25) is 0 Å². The Balaban J connectivity index is 0.00000245. The maximum absolute atomic E-state index is 13.2. The number of fused-ring (bicyclic) bond motifs is 2. The van der Waals surface area contributed by atoms with Gasteiger partial charge in [0.2, 0.25) is 0 Å². The molecule has 0 radical (unpaired) electrons. The summed E-state index contributed by atoms with van der Waals surface area (Å²) in [7, 11) is -2.57. The van der Waals surface area contributed by atoms with Crippen LogP contribution in [0, 0.1) is 0 Å². The molecule has 3 aliphatic rings. The number of rotatable bonds is 6. The molecule has 2 amide bonds. The molecule has 9 nitrogen and oxygen atoms in total. The number of aryl methyl sites for hydroxylation is 3. The van der Waals surface area contributed by atoms with Gasteiger partial charge in [0.05, 0.1) is 24.5 Å². The minimum atomic E-state index is -4.28. The number of anilines is 2. The number of hydrogen-bond donors (Lipinski definition) is 1. The first-order chi connectivity index (χ1) is 14.9. The fourth-order valence-corrected chi connectivity index (χ4v) is 5.58. The van der Waals surface area contributed by atoms with E-state index in [2.05, 4.69) is 21.2 Å². The van der Waals surface area contributed by atoms with Crippen LogP contribution in [0.15, 0.2) is 18.5 Å². The maximum atomic E-state index is 13.2. The Bertz CT molecular complexity index is 1100. The minimum absolute atomic E-state index is 0. The van der Waals surface area contributed by atoms with Crippen LogP contribution in [0.25, 0.3) is 4.72 Å². The second-order valence-corrected chi connectivity index (χ2v) is 9.94. The van der Waals surface area contributed by atoms with Crippen molar-refractivity contribution in [3.63, 3.8) is 0 Å². The van der Waals surface area contributed by atoms with Crippen LogP contribution in [-0.4, -0.2) is 43.5 Å². The zero-order valence-corrected chi connectivity index (χ0v) is 21.3. The first-order valence-electron chi connectivity index (χ1n) is 10.7. The topological polar surface area (TPSA) is 108 Å². The molecular weight excluding hydrogens is 441 g/mol. The maximum Gasteiger partial charge on any atom is 1.00 e. The van der Waals surface area contributed by atoms with Gasteiger partial charge in [0, 0.05) is 19.9 Å². The van der Waals surface area contributed by atoms with Crippen molar-refractivity contribution < 1.29 is 47.5 Å². The number of benzene rings is 1. The third-order valence-electron chi connectivity index (χ3n) is 6.35. The van der Waals surface area contributed by atoms with E-state index in [1.807, 2.05) is 0 Å². The van der Waals surface area contributed by atoms with Crippen molar-refractivity contribution in [2.75, 3.05) is 22.8 Å². The summed E-state index contributed by atoms with van der Waals surface area (Å²) in [6.45, 7) is 0.703. The van der Waals surface area contributed by atoms with Gasteiger partial charge in [-0.1, -0.05) is 6.07 Å². The van der Waals surface area contributed by atoms with Gasteiger partial charge in [0.1, 0.15) is 0 Å². The second kappa shape index (κ2) is 9.34. The third kappa shape index (κ3) is 4.56. The van der Waals surface area contributed by atoms with Gasteiger partial charge >= 0.3 is 29.6 Å². The average Bonchev–Trinajstić information content (AvgIpc) is 3.09. The molecule has 2 heterocycles. The molecule has 2 aliphatic carbocycles. The van der Waals surface area contributed by atoms with Crippen molar-refractivity contribution in [3.05, 3.63) is 45.4 Å². The molecule has 1 saturated heterocycles. The van der Waals surface area contributed by atoms with Crippen LogP contribution in [0.3, 0.4) is 0 Å². The Morgan fingerprint density at radius 1 is 1.25 bits per heavy atom. The molecular formula is C21H26N5NaO4S.